The van der Waals surface area contributed by atoms with Crippen LogP contribution >= 0.6 is 11.6 Å². The second-order valence-electron chi connectivity index (χ2n) is 7.60. The van der Waals surface area contributed by atoms with E-state index in [4.69, 9.17) is 16.1 Å². The van der Waals surface area contributed by atoms with Gasteiger partial charge >= 0.3 is 6.18 Å². The molecular weight excluding hydrogens is 469 g/mol. The summed E-state index contributed by atoms with van der Waals surface area (Å²) in [5.74, 6) is -2.89. The molecule has 0 unspecified atom stereocenters. The summed E-state index contributed by atoms with van der Waals surface area (Å²) in [6, 6.07) is 9.92. The summed E-state index contributed by atoms with van der Waals surface area (Å²) < 4.78 is 72.7. The molecule has 2 atom stereocenters. The molecule has 2 heterocycles. The summed E-state index contributed by atoms with van der Waals surface area (Å²) in [7, 11) is 0. The molecule has 33 heavy (non-hydrogen) atoms. The molecule has 170 valence electrons. The van der Waals surface area contributed by atoms with Gasteiger partial charge in [0.2, 0.25) is 5.89 Å². The molecule has 6 nitrogen and oxygen atoms in total. The number of hydrogen-bond acceptors (Lipinski definition) is 5. The molecule has 1 saturated carbocycles. The van der Waals surface area contributed by atoms with Gasteiger partial charge in [0.05, 0.1) is 5.69 Å². The van der Waals surface area contributed by atoms with Crippen molar-refractivity contribution in [2.45, 2.75) is 30.9 Å². The molecule has 0 N–H and O–H groups in total. The van der Waals surface area contributed by atoms with Crippen LogP contribution in [0.1, 0.15) is 47.2 Å². The fraction of sp³-hybridized carbons (Fsp3) is 0.238. The monoisotopic (exact) mass is 481 g/mol. The third-order valence-electron chi connectivity index (χ3n) is 5.21. The van der Waals surface area contributed by atoms with E-state index >= 15 is 0 Å². The predicted molar refractivity (Wildman–Crippen MR) is 105 cm³/mol. The van der Waals surface area contributed by atoms with E-state index in [1.54, 1.807) is 18.2 Å². The SMILES string of the molecule is Fc1cc(Cl)cc(-n2nc(Cc3ccccc3F)nc2[C@@H]2C[C@@H]2c2nc(C(F)(F)F)no2)c1. The van der Waals surface area contributed by atoms with Crippen LogP contribution in [0.4, 0.5) is 22.0 Å². The number of hydrogen-bond donors (Lipinski definition) is 0. The molecule has 0 bridgehead atoms. The Bertz CT molecular complexity index is 1310. The third-order valence-corrected chi connectivity index (χ3v) is 5.43. The van der Waals surface area contributed by atoms with Crippen LogP contribution in [0.2, 0.25) is 5.02 Å². The van der Waals surface area contributed by atoms with E-state index in [1.807, 2.05) is 0 Å². The third kappa shape index (κ3) is 4.32. The number of benzene rings is 2. The molecule has 1 aliphatic carbocycles. The van der Waals surface area contributed by atoms with Crippen LogP contribution in [0.15, 0.2) is 47.0 Å². The van der Waals surface area contributed by atoms with Crippen LogP contribution in [0.5, 0.6) is 0 Å². The standard InChI is InChI=1S/C21H13ClF5N5O/c22-11-6-12(23)8-13(7-11)32-18(28-17(30-32)5-10-3-1-2-4-16(10)24)14-9-15(14)19-29-20(31-33-19)21(25,26)27/h1-4,6-8,14-15H,5,9H2/t14-,15+/m1/s1. The Labute approximate surface area is 188 Å². The molecule has 0 radical (unpaired) electrons. The van der Waals surface area contributed by atoms with E-state index < -0.39 is 35.5 Å². The maximum absolute atomic E-state index is 14.1. The first-order valence-electron chi connectivity index (χ1n) is 9.75. The normalized spacial score (nSPS) is 18.0. The highest BCUT2D eigenvalue weighted by Crippen LogP contribution is 2.54. The molecule has 2 aromatic heterocycles. The summed E-state index contributed by atoms with van der Waals surface area (Å²) in [6.07, 6.45) is -4.29. The van der Waals surface area contributed by atoms with Crippen molar-refractivity contribution in [2.75, 3.05) is 0 Å². The van der Waals surface area contributed by atoms with Gasteiger partial charge in [-0.25, -0.2) is 18.4 Å². The van der Waals surface area contributed by atoms with Crippen molar-refractivity contribution < 1.29 is 26.5 Å². The van der Waals surface area contributed by atoms with Gasteiger partial charge in [0.15, 0.2) is 5.82 Å². The summed E-state index contributed by atoms with van der Waals surface area (Å²) in [4.78, 5) is 7.93. The number of rotatable bonds is 5. The van der Waals surface area contributed by atoms with Gasteiger partial charge in [-0.1, -0.05) is 35.0 Å². The lowest BCUT2D eigenvalue weighted by Gasteiger charge is -2.06. The molecule has 0 spiro atoms. The summed E-state index contributed by atoms with van der Waals surface area (Å²) in [5.41, 5.74) is 0.631. The zero-order valence-corrected chi connectivity index (χ0v) is 17.3. The van der Waals surface area contributed by atoms with Gasteiger partial charge in [-0.3, -0.25) is 0 Å². The van der Waals surface area contributed by atoms with Crippen molar-refractivity contribution in [1.82, 2.24) is 24.9 Å². The van der Waals surface area contributed by atoms with E-state index in [-0.39, 0.29) is 28.8 Å². The zero-order valence-electron chi connectivity index (χ0n) is 16.5. The highest BCUT2D eigenvalue weighted by atomic mass is 35.5. The molecule has 2 aromatic carbocycles. The lowest BCUT2D eigenvalue weighted by Crippen LogP contribution is -2.07. The molecule has 1 fully saturated rings. The van der Waals surface area contributed by atoms with Crippen molar-refractivity contribution >= 4 is 11.6 Å². The smallest absolute Gasteiger partial charge is 0.339 e. The fourth-order valence-electron chi connectivity index (χ4n) is 3.60. The molecule has 5 rings (SSSR count). The van der Waals surface area contributed by atoms with Crippen LogP contribution in [0.25, 0.3) is 5.69 Å². The molecule has 0 amide bonds. The molecule has 12 heteroatoms. The molecule has 4 aromatic rings. The Morgan fingerprint density at radius 3 is 2.55 bits per heavy atom. The Balaban J connectivity index is 1.51. The second kappa shape index (κ2) is 7.91. The van der Waals surface area contributed by atoms with Gasteiger partial charge in [-0.15, -0.1) is 0 Å². The van der Waals surface area contributed by atoms with Gasteiger partial charge in [0.25, 0.3) is 5.82 Å². The van der Waals surface area contributed by atoms with Crippen molar-refractivity contribution in [1.29, 1.82) is 0 Å². The lowest BCUT2D eigenvalue weighted by molar-refractivity contribution is -0.146. The van der Waals surface area contributed by atoms with Crippen molar-refractivity contribution in [3.8, 4) is 5.69 Å². The van der Waals surface area contributed by atoms with E-state index in [9.17, 15) is 22.0 Å². The van der Waals surface area contributed by atoms with Crippen LogP contribution < -0.4 is 0 Å². The molecular formula is C21H13ClF5N5O. The first-order valence-corrected chi connectivity index (χ1v) is 10.1. The Morgan fingerprint density at radius 1 is 1.06 bits per heavy atom. The second-order valence-corrected chi connectivity index (χ2v) is 8.03. The van der Waals surface area contributed by atoms with E-state index in [0.29, 0.717) is 17.8 Å². The minimum Gasteiger partial charge on any atom is -0.339 e. The molecule has 0 saturated heterocycles. The van der Waals surface area contributed by atoms with E-state index in [2.05, 4.69) is 20.2 Å². The number of aromatic nitrogens is 5. The van der Waals surface area contributed by atoms with Crippen LogP contribution in [-0.2, 0) is 12.6 Å². The van der Waals surface area contributed by atoms with Gasteiger partial charge < -0.3 is 4.52 Å². The number of nitrogens with zero attached hydrogens (tertiary/aromatic N) is 5. The largest absolute Gasteiger partial charge is 0.455 e. The summed E-state index contributed by atoms with van der Waals surface area (Å²) >= 11 is 5.98. The summed E-state index contributed by atoms with van der Waals surface area (Å²) in [6.45, 7) is 0. The van der Waals surface area contributed by atoms with Gasteiger partial charge in [-0.05, 0) is 36.2 Å². The number of alkyl halides is 3. The topological polar surface area (TPSA) is 69.6 Å². The van der Waals surface area contributed by atoms with Gasteiger partial charge in [-0.2, -0.15) is 23.3 Å². The first kappa shape index (κ1) is 21.5. The maximum Gasteiger partial charge on any atom is 0.455 e. The molecule has 0 aliphatic heterocycles. The van der Waals surface area contributed by atoms with E-state index in [0.717, 1.165) is 6.07 Å². The minimum absolute atomic E-state index is 0.0614. The van der Waals surface area contributed by atoms with E-state index in [1.165, 1.54) is 22.9 Å². The summed E-state index contributed by atoms with van der Waals surface area (Å²) in [5, 5.41) is 7.51. The quantitative estimate of drug-likeness (QED) is 0.354. The molecule has 1 aliphatic rings. The Kier molecular flexibility index (Phi) is 5.15. The Hall–Kier alpha value is -3.34. The minimum atomic E-state index is -4.72. The number of halogens is 6. The van der Waals surface area contributed by atoms with Gasteiger partial charge in [0, 0.05) is 23.3 Å². The first-order chi connectivity index (χ1) is 15.7. The highest BCUT2D eigenvalue weighted by Gasteiger charge is 2.49. The van der Waals surface area contributed by atoms with Crippen molar-refractivity contribution in [3.05, 3.63) is 88.0 Å². The lowest BCUT2D eigenvalue weighted by atomic mass is 10.1. The van der Waals surface area contributed by atoms with Gasteiger partial charge in [0.1, 0.15) is 17.5 Å². The van der Waals surface area contributed by atoms with Crippen LogP contribution in [0.3, 0.4) is 0 Å². The van der Waals surface area contributed by atoms with Crippen LogP contribution in [-0.4, -0.2) is 24.9 Å². The maximum atomic E-state index is 14.1. The van der Waals surface area contributed by atoms with Crippen molar-refractivity contribution in [3.63, 3.8) is 0 Å². The Morgan fingerprint density at radius 2 is 1.85 bits per heavy atom. The highest BCUT2D eigenvalue weighted by molar-refractivity contribution is 6.30. The fourth-order valence-corrected chi connectivity index (χ4v) is 3.82. The average Bonchev–Trinajstić information content (AvgIpc) is 3.17. The van der Waals surface area contributed by atoms with Crippen LogP contribution in [0, 0.1) is 11.6 Å². The van der Waals surface area contributed by atoms with Crippen molar-refractivity contribution in [2.24, 2.45) is 0 Å². The average molecular weight is 482 g/mol. The predicted octanol–water partition coefficient (Wildman–Crippen LogP) is 5.46. The zero-order chi connectivity index (χ0) is 23.3.